The highest BCUT2D eigenvalue weighted by Gasteiger charge is 2.52. The van der Waals surface area contributed by atoms with E-state index in [0.29, 0.717) is 32.7 Å². The van der Waals surface area contributed by atoms with Gasteiger partial charge in [0, 0.05) is 57.0 Å². The molecule has 11 nitrogen and oxygen atoms in total. The molecule has 0 spiro atoms. The van der Waals surface area contributed by atoms with Gasteiger partial charge in [-0.1, -0.05) is 12.1 Å². The number of likely N-dealkylation sites (tertiary alicyclic amines) is 1. The van der Waals surface area contributed by atoms with Crippen molar-refractivity contribution in [1.29, 1.82) is 0 Å². The number of hydrogen-bond acceptors (Lipinski definition) is 7. The van der Waals surface area contributed by atoms with E-state index in [9.17, 15) is 28.3 Å². The molecule has 3 fully saturated rings. The molecular formula is C24H36N4O7S. The first-order valence-electron chi connectivity index (χ1n) is 12.4. The van der Waals surface area contributed by atoms with Crippen molar-refractivity contribution < 1.29 is 33.1 Å². The maximum Gasteiger partial charge on any atom is 0.407 e. The second-order valence-corrected chi connectivity index (χ2v) is 12.2. The first-order valence-corrected chi connectivity index (χ1v) is 14.0. The number of carbonyl (C=O) groups is 2. The molecule has 3 aliphatic heterocycles. The van der Waals surface area contributed by atoms with E-state index in [1.54, 1.807) is 5.48 Å². The molecule has 0 aliphatic carbocycles. The summed E-state index contributed by atoms with van der Waals surface area (Å²) >= 11 is 0. The average Bonchev–Trinajstić information content (AvgIpc) is 3.40. The Morgan fingerprint density at radius 1 is 1.17 bits per heavy atom. The van der Waals surface area contributed by atoms with Gasteiger partial charge < -0.3 is 19.6 Å². The number of piperazine rings is 1. The number of carbonyl (C=O) groups excluding carboxylic acids is 1. The number of benzene rings is 1. The fourth-order valence-corrected chi connectivity index (χ4v) is 7.87. The minimum Gasteiger partial charge on any atom is -0.465 e. The number of amides is 2. The average molecular weight is 525 g/mol. The SMILES string of the molecule is Cc1cccc(N2CCN(S(=O)(=O)CC3(C(=O)NO)CCN(C(=O)O)C([C@@H]4CCOC4)C3)CC2)c1C. The van der Waals surface area contributed by atoms with Crippen LogP contribution in [0.4, 0.5) is 10.5 Å². The summed E-state index contributed by atoms with van der Waals surface area (Å²) in [4.78, 5) is 28.3. The molecule has 3 atom stereocenters. The van der Waals surface area contributed by atoms with Crippen LogP contribution in [0.25, 0.3) is 0 Å². The van der Waals surface area contributed by atoms with Crippen molar-refractivity contribution in [3.8, 4) is 0 Å². The molecule has 4 rings (SSSR count). The zero-order valence-corrected chi connectivity index (χ0v) is 21.7. The smallest absolute Gasteiger partial charge is 0.407 e. The molecule has 1 aromatic carbocycles. The predicted octanol–water partition coefficient (Wildman–Crippen LogP) is 1.43. The molecule has 2 unspecified atom stereocenters. The molecule has 3 heterocycles. The van der Waals surface area contributed by atoms with E-state index in [2.05, 4.69) is 11.8 Å². The van der Waals surface area contributed by atoms with Crippen molar-refractivity contribution in [1.82, 2.24) is 14.7 Å². The topological polar surface area (TPSA) is 140 Å². The Morgan fingerprint density at radius 2 is 1.89 bits per heavy atom. The van der Waals surface area contributed by atoms with Crippen LogP contribution < -0.4 is 10.4 Å². The first kappa shape index (κ1) is 26.6. The van der Waals surface area contributed by atoms with Gasteiger partial charge in [0.25, 0.3) is 5.91 Å². The summed E-state index contributed by atoms with van der Waals surface area (Å²) in [5.41, 5.74) is 3.67. The van der Waals surface area contributed by atoms with Crippen LogP contribution in [0.1, 0.15) is 30.4 Å². The van der Waals surface area contributed by atoms with Gasteiger partial charge in [-0.05, 0) is 50.3 Å². The van der Waals surface area contributed by atoms with E-state index in [-0.39, 0.29) is 38.4 Å². The van der Waals surface area contributed by atoms with Gasteiger partial charge in [-0.15, -0.1) is 0 Å². The number of nitrogens with zero attached hydrogens (tertiary/aromatic N) is 3. The lowest BCUT2D eigenvalue weighted by Gasteiger charge is -2.46. The lowest BCUT2D eigenvalue weighted by Crippen LogP contribution is -2.60. The third-order valence-electron chi connectivity index (χ3n) is 8.18. The number of anilines is 1. The van der Waals surface area contributed by atoms with Crippen molar-refractivity contribution >= 4 is 27.7 Å². The summed E-state index contributed by atoms with van der Waals surface area (Å²) in [6.45, 7) is 6.59. The molecule has 12 heteroatoms. The fraction of sp³-hybridized carbons (Fsp3) is 0.667. The van der Waals surface area contributed by atoms with Crippen LogP contribution in [-0.2, 0) is 19.6 Å². The summed E-state index contributed by atoms with van der Waals surface area (Å²) in [6, 6.07) is 5.52. The van der Waals surface area contributed by atoms with Crippen molar-refractivity contribution in [2.75, 3.05) is 56.6 Å². The molecular weight excluding hydrogens is 488 g/mol. The zero-order valence-electron chi connectivity index (χ0n) is 20.9. The van der Waals surface area contributed by atoms with Gasteiger partial charge in [-0.25, -0.2) is 18.7 Å². The van der Waals surface area contributed by atoms with E-state index in [0.717, 1.165) is 5.69 Å². The minimum atomic E-state index is -3.87. The summed E-state index contributed by atoms with van der Waals surface area (Å²) in [6.07, 6.45) is -0.438. The molecule has 0 radical (unpaired) electrons. The van der Waals surface area contributed by atoms with Gasteiger partial charge in [0.1, 0.15) is 0 Å². The molecule has 2 amide bonds. The molecule has 200 valence electrons. The second kappa shape index (κ2) is 10.5. The number of hydrogen-bond donors (Lipinski definition) is 3. The molecule has 1 aromatic rings. The Labute approximate surface area is 212 Å². The largest absolute Gasteiger partial charge is 0.465 e. The molecule has 0 saturated carbocycles. The number of carboxylic acid groups (broad SMARTS) is 1. The molecule has 3 N–H and O–H groups in total. The van der Waals surface area contributed by atoms with Crippen molar-refractivity contribution in [3.05, 3.63) is 29.3 Å². The predicted molar refractivity (Wildman–Crippen MR) is 133 cm³/mol. The maximum absolute atomic E-state index is 13.6. The molecule has 0 aromatic heterocycles. The highest BCUT2D eigenvalue weighted by molar-refractivity contribution is 7.89. The number of hydroxylamine groups is 1. The zero-order chi connectivity index (χ0) is 26.1. The Bertz CT molecular complexity index is 1080. The van der Waals surface area contributed by atoms with Crippen LogP contribution in [0.5, 0.6) is 0 Å². The van der Waals surface area contributed by atoms with Crippen LogP contribution in [0, 0.1) is 25.2 Å². The number of nitrogens with one attached hydrogen (secondary N) is 1. The van der Waals surface area contributed by atoms with Crippen LogP contribution in [0.15, 0.2) is 18.2 Å². The van der Waals surface area contributed by atoms with Crippen LogP contribution in [-0.4, -0.2) is 97.7 Å². The van der Waals surface area contributed by atoms with Crippen LogP contribution in [0.3, 0.4) is 0 Å². The number of ether oxygens (including phenoxy) is 1. The van der Waals surface area contributed by atoms with Crippen molar-refractivity contribution in [2.45, 2.75) is 39.2 Å². The maximum atomic E-state index is 13.6. The fourth-order valence-electron chi connectivity index (χ4n) is 5.87. The number of piperidine rings is 1. The van der Waals surface area contributed by atoms with E-state index in [1.165, 1.54) is 20.3 Å². The molecule has 36 heavy (non-hydrogen) atoms. The lowest BCUT2D eigenvalue weighted by atomic mass is 9.73. The Kier molecular flexibility index (Phi) is 7.79. The van der Waals surface area contributed by atoms with Gasteiger partial charge in [0.2, 0.25) is 10.0 Å². The monoisotopic (exact) mass is 524 g/mol. The number of rotatable bonds is 6. The second-order valence-electron chi connectivity index (χ2n) is 10.2. The third kappa shape index (κ3) is 5.17. The minimum absolute atomic E-state index is 0.0114. The summed E-state index contributed by atoms with van der Waals surface area (Å²) < 4.78 is 34.0. The first-order chi connectivity index (χ1) is 17.1. The van der Waals surface area contributed by atoms with E-state index < -0.39 is 39.2 Å². The molecule has 0 bridgehead atoms. The van der Waals surface area contributed by atoms with Gasteiger partial charge in [0.05, 0.1) is 17.8 Å². The van der Waals surface area contributed by atoms with Gasteiger partial charge in [0.15, 0.2) is 0 Å². The normalized spacial score (nSPS) is 27.8. The van der Waals surface area contributed by atoms with Crippen LogP contribution >= 0.6 is 0 Å². The van der Waals surface area contributed by atoms with Crippen LogP contribution in [0.2, 0.25) is 0 Å². The van der Waals surface area contributed by atoms with Gasteiger partial charge in [-0.2, -0.15) is 4.31 Å². The van der Waals surface area contributed by atoms with E-state index >= 15 is 0 Å². The lowest BCUT2D eigenvalue weighted by molar-refractivity contribution is -0.143. The summed E-state index contributed by atoms with van der Waals surface area (Å²) in [5, 5.41) is 19.3. The van der Waals surface area contributed by atoms with Crippen molar-refractivity contribution in [3.63, 3.8) is 0 Å². The van der Waals surface area contributed by atoms with Crippen molar-refractivity contribution in [2.24, 2.45) is 11.3 Å². The van der Waals surface area contributed by atoms with Gasteiger partial charge in [-0.3, -0.25) is 10.0 Å². The Balaban J connectivity index is 1.51. The molecule has 3 saturated heterocycles. The van der Waals surface area contributed by atoms with Gasteiger partial charge >= 0.3 is 6.09 Å². The van der Waals surface area contributed by atoms with E-state index in [4.69, 9.17) is 4.74 Å². The molecule has 3 aliphatic rings. The summed E-state index contributed by atoms with van der Waals surface area (Å²) in [7, 11) is -3.87. The van der Waals surface area contributed by atoms with E-state index in [1.807, 2.05) is 25.1 Å². The highest BCUT2D eigenvalue weighted by Crippen LogP contribution is 2.41. The third-order valence-corrected chi connectivity index (χ3v) is 10.2. The highest BCUT2D eigenvalue weighted by atomic mass is 32.2. The number of sulfonamides is 1. The number of aryl methyl sites for hydroxylation is 1. The standard InChI is InChI=1S/C24H36N4O7S/c1-17-4-3-5-20(18(17)2)26-9-11-27(12-10-26)36(33,34)16-24(22(29)25-32)7-8-28(23(30)31)21(14-24)19-6-13-35-15-19/h3-5,19,21,32H,6-16H2,1-2H3,(H,25,29)(H,30,31)/t19-,21?,24?/m1/s1. The Hall–Kier alpha value is -2.41. The quantitative estimate of drug-likeness (QED) is 0.375. The Morgan fingerprint density at radius 3 is 2.50 bits per heavy atom. The summed E-state index contributed by atoms with van der Waals surface area (Å²) in [5.74, 6) is -1.39.